The lowest BCUT2D eigenvalue weighted by molar-refractivity contribution is 0.526. The molecule has 21 heavy (non-hydrogen) atoms. The van der Waals surface area contributed by atoms with E-state index in [1.165, 1.54) is 28.1 Å². The highest BCUT2D eigenvalue weighted by atomic mass is 15.3. The summed E-state index contributed by atoms with van der Waals surface area (Å²) >= 11 is 0. The largest absolute Gasteiger partial charge is 0.310 e. The fraction of sp³-hybridized carbons (Fsp3) is 0.500. The molecule has 2 aromatic rings. The summed E-state index contributed by atoms with van der Waals surface area (Å²) in [6, 6.07) is 9.28. The van der Waals surface area contributed by atoms with Crippen molar-refractivity contribution in [3.63, 3.8) is 0 Å². The average molecular weight is 285 g/mol. The van der Waals surface area contributed by atoms with Gasteiger partial charge in [-0.15, -0.1) is 0 Å². The van der Waals surface area contributed by atoms with E-state index in [9.17, 15) is 0 Å². The maximum absolute atomic E-state index is 4.56. The van der Waals surface area contributed by atoms with E-state index in [0.717, 1.165) is 19.4 Å². The molecular formula is C18H27N3. The number of hydrogen-bond acceptors (Lipinski definition) is 2. The normalized spacial score (nSPS) is 12.6. The predicted molar refractivity (Wildman–Crippen MR) is 88.6 cm³/mol. The van der Waals surface area contributed by atoms with Crippen molar-refractivity contribution < 1.29 is 0 Å². The Morgan fingerprint density at radius 1 is 1.19 bits per heavy atom. The van der Waals surface area contributed by atoms with Crippen LogP contribution in [0.1, 0.15) is 48.0 Å². The molecule has 1 unspecified atom stereocenters. The molecule has 2 rings (SSSR count). The highest BCUT2D eigenvalue weighted by Gasteiger charge is 2.16. The summed E-state index contributed by atoms with van der Waals surface area (Å²) in [4.78, 5) is 0. The second-order valence-electron chi connectivity index (χ2n) is 5.78. The van der Waals surface area contributed by atoms with Crippen LogP contribution in [0.3, 0.4) is 0 Å². The molecule has 0 fully saturated rings. The van der Waals surface area contributed by atoms with Crippen molar-refractivity contribution in [3.8, 4) is 0 Å². The number of likely N-dealkylation sites (N-methyl/N-ethyl adjacent to an activating group) is 1. The quantitative estimate of drug-likeness (QED) is 0.880. The van der Waals surface area contributed by atoms with Crippen LogP contribution in [0.2, 0.25) is 0 Å². The Kier molecular flexibility index (Phi) is 5.18. The Labute approximate surface area is 128 Å². The molecule has 1 heterocycles. The molecule has 1 aromatic heterocycles. The molecule has 0 aliphatic heterocycles. The number of benzene rings is 1. The monoisotopic (exact) mass is 285 g/mol. The third kappa shape index (κ3) is 3.73. The second-order valence-corrected chi connectivity index (χ2v) is 5.78. The third-order valence-electron chi connectivity index (χ3n) is 4.06. The van der Waals surface area contributed by atoms with E-state index in [0.29, 0.717) is 6.04 Å². The van der Waals surface area contributed by atoms with Gasteiger partial charge in [-0.05, 0) is 44.0 Å². The summed E-state index contributed by atoms with van der Waals surface area (Å²) in [7, 11) is 2.04. The standard InChI is InChI=1S/C18H27N3/c1-6-15-11-16(21(5)20-15)12-18(19-7-2)17-10-13(3)8-9-14(17)4/h8-11,18-19H,6-7,12H2,1-5H3. The van der Waals surface area contributed by atoms with Gasteiger partial charge in [-0.1, -0.05) is 37.6 Å². The molecule has 1 aromatic carbocycles. The Morgan fingerprint density at radius 3 is 2.57 bits per heavy atom. The van der Waals surface area contributed by atoms with Crippen LogP contribution >= 0.6 is 0 Å². The minimum atomic E-state index is 0.343. The number of nitrogens with zero attached hydrogens (tertiary/aromatic N) is 2. The second kappa shape index (κ2) is 6.90. The fourth-order valence-corrected chi connectivity index (χ4v) is 2.82. The molecule has 0 spiro atoms. The highest BCUT2D eigenvalue weighted by molar-refractivity contribution is 5.34. The van der Waals surface area contributed by atoms with Gasteiger partial charge in [0, 0.05) is 25.2 Å². The van der Waals surface area contributed by atoms with Gasteiger partial charge in [-0.2, -0.15) is 5.10 Å². The van der Waals surface area contributed by atoms with Gasteiger partial charge in [0.25, 0.3) is 0 Å². The average Bonchev–Trinajstić information content (AvgIpc) is 2.82. The zero-order chi connectivity index (χ0) is 15.4. The molecule has 0 saturated carbocycles. The Morgan fingerprint density at radius 2 is 1.95 bits per heavy atom. The number of rotatable bonds is 6. The molecule has 3 heteroatoms. The van der Waals surface area contributed by atoms with Crippen molar-refractivity contribution in [3.05, 3.63) is 52.3 Å². The Bertz CT molecular complexity index is 599. The Balaban J connectivity index is 2.30. The lowest BCUT2D eigenvalue weighted by Gasteiger charge is -2.21. The van der Waals surface area contributed by atoms with Gasteiger partial charge in [-0.25, -0.2) is 0 Å². The van der Waals surface area contributed by atoms with Gasteiger partial charge in [0.2, 0.25) is 0 Å². The van der Waals surface area contributed by atoms with Gasteiger partial charge in [0.15, 0.2) is 0 Å². The van der Waals surface area contributed by atoms with E-state index >= 15 is 0 Å². The Hall–Kier alpha value is -1.61. The van der Waals surface area contributed by atoms with Crippen LogP contribution in [-0.4, -0.2) is 16.3 Å². The van der Waals surface area contributed by atoms with Crippen molar-refractivity contribution in [1.29, 1.82) is 0 Å². The van der Waals surface area contributed by atoms with Gasteiger partial charge in [0.05, 0.1) is 5.69 Å². The van der Waals surface area contributed by atoms with Crippen LogP contribution in [0, 0.1) is 13.8 Å². The molecule has 0 aliphatic rings. The van der Waals surface area contributed by atoms with Gasteiger partial charge < -0.3 is 5.32 Å². The SMILES string of the molecule is CCNC(Cc1cc(CC)nn1C)c1cc(C)ccc1C. The third-order valence-corrected chi connectivity index (χ3v) is 4.06. The lowest BCUT2D eigenvalue weighted by Crippen LogP contribution is -2.24. The number of aromatic nitrogens is 2. The molecule has 1 N–H and O–H groups in total. The molecule has 1 atom stereocenters. The molecule has 0 amide bonds. The zero-order valence-electron chi connectivity index (χ0n) is 13.9. The van der Waals surface area contributed by atoms with Crippen molar-refractivity contribution in [2.45, 2.75) is 46.6 Å². The van der Waals surface area contributed by atoms with Gasteiger partial charge in [-0.3, -0.25) is 4.68 Å². The van der Waals surface area contributed by atoms with Crippen LogP contribution < -0.4 is 5.32 Å². The molecular weight excluding hydrogens is 258 g/mol. The first kappa shape index (κ1) is 15.8. The van der Waals surface area contributed by atoms with Crippen molar-refractivity contribution in [2.75, 3.05) is 6.54 Å². The summed E-state index contributed by atoms with van der Waals surface area (Å²) in [5.41, 5.74) is 6.53. The molecule has 0 aliphatic carbocycles. The molecule has 0 saturated heterocycles. The first-order chi connectivity index (χ1) is 10.0. The fourth-order valence-electron chi connectivity index (χ4n) is 2.82. The first-order valence-electron chi connectivity index (χ1n) is 7.87. The summed E-state index contributed by atoms with van der Waals surface area (Å²) in [5, 5.41) is 8.19. The first-order valence-corrected chi connectivity index (χ1v) is 7.87. The van der Waals surface area contributed by atoms with Crippen LogP contribution in [0.4, 0.5) is 0 Å². The summed E-state index contributed by atoms with van der Waals surface area (Å²) in [6.07, 6.45) is 1.96. The van der Waals surface area contributed by atoms with E-state index in [-0.39, 0.29) is 0 Å². The number of aryl methyl sites for hydroxylation is 4. The van der Waals surface area contributed by atoms with Crippen LogP contribution in [0.5, 0.6) is 0 Å². The maximum atomic E-state index is 4.56. The summed E-state index contributed by atoms with van der Waals surface area (Å²) < 4.78 is 2.02. The van der Waals surface area contributed by atoms with Crippen LogP contribution in [0.25, 0.3) is 0 Å². The minimum Gasteiger partial charge on any atom is -0.310 e. The van der Waals surface area contributed by atoms with E-state index in [4.69, 9.17) is 0 Å². The van der Waals surface area contributed by atoms with Crippen LogP contribution in [0.15, 0.2) is 24.3 Å². The van der Waals surface area contributed by atoms with E-state index in [2.05, 4.69) is 62.4 Å². The number of nitrogens with one attached hydrogen (secondary N) is 1. The van der Waals surface area contributed by atoms with E-state index in [1.807, 2.05) is 11.7 Å². The minimum absolute atomic E-state index is 0.343. The van der Waals surface area contributed by atoms with Gasteiger partial charge in [0.1, 0.15) is 0 Å². The smallest absolute Gasteiger partial charge is 0.0624 e. The molecule has 0 bridgehead atoms. The zero-order valence-corrected chi connectivity index (χ0v) is 13.9. The predicted octanol–water partition coefficient (Wildman–Crippen LogP) is 3.49. The molecule has 0 radical (unpaired) electrons. The number of hydrogen-bond donors (Lipinski definition) is 1. The van der Waals surface area contributed by atoms with E-state index in [1.54, 1.807) is 0 Å². The molecule has 114 valence electrons. The van der Waals surface area contributed by atoms with E-state index < -0.39 is 0 Å². The highest BCUT2D eigenvalue weighted by Crippen LogP contribution is 2.23. The van der Waals surface area contributed by atoms with Gasteiger partial charge >= 0.3 is 0 Å². The lowest BCUT2D eigenvalue weighted by atomic mass is 9.95. The summed E-state index contributed by atoms with van der Waals surface area (Å²) in [6.45, 7) is 9.64. The van der Waals surface area contributed by atoms with Crippen molar-refractivity contribution >= 4 is 0 Å². The molecule has 3 nitrogen and oxygen atoms in total. The van der Waals surface area contributed by atoms with Crippen molar-refractivity contribution in [2.24, 2.45) is 7.05 Å². The topological polar surface area (TPSA) is 29.9 Å². The maximum Gasteiger partial charge on any atom is 0.0624 e. The summed E-state index contributed by atoms with van der Waals surface area (Å²) in [5.74, 6) is 0. The van der Waals surface area contributed by atoms with Crippen LogP contribution in [-0.2, 0) is 19.9 Å². The van der Waals surface area contributed by atoms with Crippen molar-refractivity contribution in [1.82, 2.24) is 15.1 Å².